The fourth-order valence-electron chi connectivity index (χ4n) is 6.68. The molecular weight excluding hydrogens is 667 g/mol. The molecule has 2 aliphatic heterocycles. The summed E-state index contributed by atoms with van der Waals surface area (Å²) in [5.41, 5.74) is 5.25. The molecule has 270 valence electrons. The quantitative estimate of drug-likeness (QED) is 0.159. The molecule has 6 atom stereocenters. The van der Waals surface area contributed by atoms with Crippen LogP contribution in [0.25, 0.3) is 0 Å². The van der Waals surface area contributed by atoms with Gasteiger partial charge in [0.25, 0.3) is 0 Å². The third-order valence-corrected chi connectivity index (χ3v) is 11.2. The van der Waals surface area contributed by atoms with Gasteiger partial charge < -0.3 is 25.0 Å². The van der Waals surface area contributed by atoms with Crippen molar-refractivity contribution in [2.75, 3.05) is 19.6 Å². The summed E-state index contributed by atoms with van der Waals surface area (Å²) in [5, 5.41) is 22.6. The Morgan fingerprint density at radius 2 is 1.55 bits per heavy atom. The fourth-order valence-corrected chi connectivity index (χ4v) is 7.87. The molecule has 0 spiro atoms. The lowest BCUT2D eigenvalue weighted by atomic mass is 9.90. The lowest BCUT2D eigenvalue weighted by Crippen LogP contribution is -2.47. The number of carbonyl (C=O) groups excluding carboxylic acids is 1. The minimum Gasteiger partial charge on any atom is -0.392 e. The van der Waals surface area contributed by atoms with Crippen LogP contribution in [0.5, 0.6) is 0 Å². The Hall–Kier alpha value is -3.94. The minimum absolute atomic E-state index is 0.0284. The second-order valence-electron chi connectivity index (χ2n) is 13.7. The van der Waals surface area contributed by atoms with Crippen LogP contribution in [0.2, 0.25) is 0 Å². The molecule has 6 rings (SSSR count). The number of β-amino-alcohol motifs (C(OH)–C–C–N with tert-alkyl or cyclic N) is 1. The van der Waals surface area contributed by atoms with Crippen molar-refractivity contribution in [3.05, 3.63) is 137 Å². The van der Waals surface area contributed by atoms with Gasteiger partial charge in [-0.05, 0) is 54.2 Å². The van der Waals surface area contributed by atoms with E-state index in [0.717, 1.165) is 46.3 Å². The number of aryl methyl sites for hydroxylation is 1. The number of benzene rings is 4. The zero-order valence-corrected chi connectivity index (χ0v) is 29.8. The van der Waals surface area contributed by atoms with Crippen molar-refractivity contribution in [3.63, 3.8) is 0 Å². The molecule has 0 aromatic heterocycles. The van der Waals surface area contributed by atoms with Crippen molar-refractivity contribution in [2.24, 2.45) is 5.92 Å². The van der Waals surface area contributed by atoms with Gasteiger partial charge in [-0.2, -0.15) is 4.72 Å². The van der Waals surface area contributed by atoms with Gasteiger partial charge in [-0.1, -0.05) is 103 Å². The van der Waals surface area contributed by atoms with Gasteiger partial charge in [0.15, 0.2) is 6.29 Å². The van der Waals surface area contributed by atoms with Crippen LogP contribution in [0.1, 0.15) is 59.1 Å². The minimum atomic E-state index is -3.95. The van der Waals surface area contributed by atoms with E-state index in [0.29, 0.717) is 13.1 Å². The van der Waals surface area contributed by atoms with Crippen molar-refractivity contribution < 1.29 is 32.9 Å². The molecule has 0 bridgehead atoms. The van der Waals surface area contributed by atoms with Gasteiger partial charge in [0.05, 0.1) is 29.8 Å². The fraction of sp³-hybridized carbons (Fsp3) is 0.375. The van der Waals surface area contributed by atoms with Crippen LogP contribution in [-0.4, -0.2) is 67.3 Å². The lowest BCUT2D eigenvalue weighted by molar-refractivity contribution is -0.276. The summed E-state index contributed by atoms with van der Waals surface area (Å²) in [6, 6.07) is 30.2. The molecule has 51 heavy (non-hydrogen) atoms. The van der Waals surface area contributed by atoms with E-state index < -0.39 is 28.3 Å². The first-order valence-corrected chi connectivity index (χ1v) is 19.0. The Morgan fingerprint density at radius 1 is 0.882 bits per heavy atom. The molecule has 0 aliphatic carbocycles. The molecule has 2 saturated heterocycles. The van der Waals surface area contributed by atoms with Crippen LogP contribution >= 0.6 is 0 Å². The SMILES string of the molecule is Cc1ccc(S(=O)(=O)N[C@H](Cc2ccccc2)C(=O)NCc2ccc([C@@H]3O[C@H](CN4CC[C@H](O)C4)[C@H](C)[C@H](c4ccc(CO)cc4)O3)cc2)cc1. The first-order chi connectivity index (χ1) is 24.6. The maximum atomic E-state index is 13.5. The Bertz CT molecular complexity index is 1840. The summed E-state index contributed by atoms with van der Waals surface area (Å²) in [7, 11) is -3.95. The summed E-state index contributed by atoms with van der Waals surface area (Å²) in [6.07, 6.45) is -0.438. The second kappa shape index (κ2) is 16.6. The van der Waals surface area contributed by atoms with Crippen molar-refractivity contribution in [3.8, 4) is 0 Å². The molecule has 10 nitrogen and oxygen atoms in total. The zero-order valence-electron chi connectivity index (χ0n) is 29.0. The highest BCUT2D eigenvalue weighted by molar-refractivity contribution is 7.89. The monoisotopic (exact) mass is 713 g/mol. The Kier molecular flexibility index (Phi) is 12.0. The van der Waals surface area contributed by atoms with Gasteiger partial charge in [-0.25, -0.2) is 8.42 Å². The summed E-state index contributed by atoms with van der Waals surface area (Å²) >= 11 is 0. The van der Waals surface area contributed by atoms with Crippen LogP contribution in [0.3, 0.4) is 0 Å². The van der Waals surface area contributed by atoms with Gasteiger partial charge in [-0.15, -0.1) is 0 Å². The molecule has 4 N–H and O–H groups in total. The normalized spacial score (nSPS) is 23.2. The van der Waals surface area contributed by atoms with E-state index in [-0.39, 0.29) is 48.7 Å². The van der Waals surface area contributed by atoms with E-state index in [9.17, 15) is 23.4 Å². The molecule has 0 saturated carbocycles. The van der Waals surface area contributed by atoms with Crippen LogP contribution in [-0.2, 0) is 43.9 Å². The van der Waals surface area contributed by atoms with E-state index in [1.54, 1.807) is 12.1 Å². The Morgan fingerprint density at radius 3 is 2.20 bits per heavy atom. The number of likely N-dealkylation sites (tertiary alicyclic amines) is 1. The van der Waals surface area contributed by atoms with E-state index in [1.807, 2.05) is 85.8 Å². The van der Waals surface area contributed by atoms with E-state index in [1.165, 1.54) is 12.1 Å². The number of aliphatic hydroxyl groups is 2. The lowest BCUT2D eigenvalue weighted by Gasteiger charge is -2.42. The third-order valence-electron chi connectivity index (χ3n) is 9.76. The number of nitrogens with one attached hydrogen (secondary N) is 2. The van der Waals surface area contributed by atoms with Crippen LogP contribution in [0.4, 0.5) is 0 Å². The van der Waals surface area contributed by atoms with Crippen LogP contribution in [0.15, 0.2) is 108 Å². The Balaban J connectivity index is 1.14. The molecule has 2 heterocycles. The van der Waals surface area contributed by atoms with Crippen molar-refractivity contribution >= 4 is 15.9 Å². The third kappa shape index (κ3) is 9.49. The average Bonchev–Trinajstić information content (AvgIpc) is 3.56. The maximum absolute atomic E-state index is 13.5. The maximum Gasteiger partial charge on any atom is 0.241 e. The van der Waals surface area contributed by atoms with Gasteiger partial charge >= 0.3 is 0 Å². The number of amides is 1. The highest BCUT2D eigenvalue weighted by atomic mass is 32.2. The number of rotatable bonds is 13. The molecule has 2 aliphatic rings. The highest BCUT2D eigenvalue weighted by Gasteiger charge is 2.40. The smallest absolute Gasteiger partial charge is 0.241 e. The Labute approximate surface area is 300 Å². The van der Waals surface area contributed by atoms with Crippen molar-refractivity contribution in [2.45, 2.75) is 75.4 Å². The predicted molar refractivity (Wildman–Crippen MR) is 194 cm³/mol. The highest BCUT2D eigenvalue weighted by Crippen LogP contribution is 2.42. The average molecular weight is 714 g/mol. The van der Waals surface area contributed by atoms with E-state index in [4.69, 9.17) is 9.47 Å². The number of carbonyl (C=O) groups is 1. The van der Waals surface area contributed by atoms with Gasteiger partial charge in [0.2, 0.25) is 15.9 Å². The van der Waals surface area contributed by atoms with Gasteiger partial charge in [-0.3, -0.25) is 9.69 Å². The molecule has 0 radical (unpaired) electrons. The first kappa shape index (κ1) is 36.8. The first-order valence-electron chi connectivity index (χ1n) is 17.5. The number of aliphatic hydroxyl groups excluding tert-OH is 2. The second-order valence-corrected chi connectivity index (χ2v) is 15.4. The van der Waals surface area contributed by atoms with Crippen molar-refractivity contribution in [1.82, 2.24) is 14.9 Å². The molecular formula is C40H47N3O7S. The summed E-state index contributed by atoms with van der Waals surface area (Å²) in [5.74, 6) is -0.405. The summed E-state index contributed by atoms with van der Waals surface area (Å²) in [6.45, 7) is 6.27. The predicted octanol–water partition coefficient (Wildman–Crippen LogP) is 4.55. The number of ether oxygens (including phenoxy) is 2. The van der Waals surface area contributed by atoms with E-state index >= 15 is 0 Å². The summed E-state index contributed by atoms with van der Waals surface area (Å²) < 4.78 is 42.3. The number of hydrogen-bond donors (Lipinski definition) is 4. The zero-order chi connectivity index (χ0) is 36.0. The van der Waals surface area contributed by atoms with Crippen LogP contribution in [0, 0.1) is 12.8 Å². The molecule has 4 aromatic carbocycles. The molecule has 11 heteroatoms. The number of sulfonamides is 1. The van der Waals surface area contributed by atoms with E-state index in [2.05, 4.69) is 21.9 Å². The number of hydrogen-bond acceptors (Lipinski definition) is 8. The van der Waals surface area contributed by atoms with Gasteiger partial charge in [0, 0.05) is 37.7 Å². The molecule has 0 unspecified atom stereocenters. The van der Waals surface area contributed by atoms with Crippen LogP contribution < -0.4 is 10.0 Å². The number of nitrogens with zero attached hydrogens (tertiary/aromatic N) is 1. The van der Waals surface area contributed by atoms with Gasteiger partial charge in [0.1, 0.15) is 6.04 Å². The standard InChI is InChI=1S/C40H47N3O7S/c1-27-8-18-35(19-9-27)51(47,48)42-36(22-29-6-4-3-5-7-29)39(46)41-23-30-10-16-33(17-11-30)40-49-37(25-43-21-20-34(45)24-43)28(2)38(50-40)32-14-12-31(26-44)13-15-32/h3-19,28,34,36-38,40,42,44-45H,20-26H2,1-2H3,(H,41,46)/t28-,34-,36+,37+,38+,40+/m0/s1. The summed E-state index contributed by atoms with van der Waals surface area (Å²) in [4.78, 5) is 15.9. The molecule has 1 amide bonds. The largest absolute Gasteiger partial charge is 0.392 e. The molecule has 4 aromatic rings. The molecule has 2 fully saturated rings. The topological polar surface area (TPSA) is 137 Å². The van der Waals surface area contributed by atoms with Crippen molar-refractivity contribution in [1.29, 1.82) is 0 Å².